The van der Waals surface area contributed by atoms with Crippen LogP contribution in [0, 0.1) is 0 Å². The first-order valence-corrected chi connectivity index (χ1v) is 10.3. The third-order valence-electron chi connectivity index (χ3n) is 2.68. The second-order valence-corrected chi connectivity index (χ2v) is 8.85. The molecule has 0 aliphatic rings. The van der Waals surface area contributed by atoms with Gasteiger partial charge in [-0.3, -0.25) is 4.21 Å². The third-order valence-corrected chi connectivity index (χ3v) is 6.59. The molecule has 0 aliphatic carbocycles. The number of hydrogen-bond acceptors (Lipinski definition) is 5. The molecule has 0 bridgehead atoms. The molecule has 0 saturated carbocycles. The summed E-state index contributed by atoms with van der Waals surface area (Å²) in [4.78, 5) is 0.802. The second-order valence-electron chi connectivity index (χ2n) is 4.13. The van der Waals surface area contributed by atoms with Crippen LogP contribution in [0.3, 0.4) is 0 Å². The van der Waals surface area contributed by atoms with Crippen LogP contribution in [-0.2, 0) is 31.7 Å². The van der Waals surface area contributed by atoms with Gasteiger partial charge in [0.1, 0.15) is 5.75 Å². The summed E-state index contributed by atoms with van der Waals surface area (Å²) in [5, 5.41) is 0. The van der Waals surface area contributed by atoms with E-state index in [9.17, 15) is 4.21 Å². The molecule has 1 unspecified atom stereocenters. The largest absolute Gasteiger partial charge is 0.424 e. The highest BCUT2D eigenvalue weighted by Gasteiger charge is 2.18. The summed E-state index contributed by atoms with van der Waals surface area (Å²) in [6.07, 6.45) is 3.22. The van der Waals surface area contributed by atoms with E-state index in [1.165, 1.54) is 14.2 Å². The van der Waals surface area contributed by atoms with Crippen LogP contribution >= 0.6 is 6.72 Å². The van der Waals surface area contributed by atoms with Gasteiger partial charge < -0.3 is 13.6 Å². The summed E-state index contributed by atoms with van der Waals surface area (Å²) in [5.41, 5.74) is 0. The molecule has 7 heteroatoms. The van der Waals surface area contributed by atoms with Gasteiger partial charge in [-0.2, -0.15) is 0 Å². The van der Waals surface area contributed by atoms with Crippen molar-refractivity contribution < 1.29 is 17.8 Å². The highest BCUT2D eigenvalue weighted by molar-refractivity contribution is 8.07. The number of unbranched alkanes of at least 4 members (excludes halogenated alkanes) is 2. The van der Waals surface area contributed by atoms with Crippen molar-refractivity contribution >= 4 is 29.3 Å². The maximum absolute atomic E-state index is 12.0. The predicted molar refractivity (Wildman–Crippen MR) is 86.2 cm³/mol. The monoisotopic (exact) mass is 336 g/mol. The van der Waals surface area contributed by atoms with E-state index in [1.54, 1.807) is 24.3 Å². The zero-order chi connectivity index (χ0) is 15.0. The van der Waals surface area contributed by atoms with Crippen molar-refractivity contribution in [2.75, 3.05) is 20.0 Å². The molecule has 4 nitrogen and oxygen atoms in total. The van der Waals surface area contributed by atoms with Crippen LogP contribution in [0.15, 0.2) is 29.2 Å². The van der Waals surface area contributed by atoms with Gasteiger partial charge >= 0.3 is 6.72 Å². The Morgan fingerprint density at radius 3 is 2.25 bits per heavy atom. The number of hydrogen-bond donors (Lipinski definition) is 0. The van der Waals surface area contributed by atoms with E-state index >= 15 is 0 Å². The van der Waals surface area contributed by atoms with Gasteiger partial charge in [0.2, 0.25) is 0 Å². The van der Waals surface area contributed by atoms with Gasteiger partial charge in [0.25, 0.3) is 0 Å². The predicted octanol–water partition coefficient (Wildman–Crippen LogP) is 3.88. The first-order valence-electron chi connectivity index (χ1n) is 6.44. The molecule has 1 rings (SSSR count). The highest BCUT2D eigenvalue weighted by Crippen LogP contribution is 2.48. The quantitative estimate of drug-likeness (QED) is 0.506. The summed E-state index contributed by atoms with van der Waals surface area (Å²) in [6.45, 7) is -0.576. The lowest BCUT2D eigenvalue weighted by molar-refractivity contribution is 0.273. The molecule has 1 atom stereocenters. The van der Waals surface area contributed by atoms with Crippen LogP contribution in [0.2, 0.25) is 0 Å². The second kappa shape index (κ2) is 8.90. The van der Waals surface area contributed by atoms with Crippen LogP contribution in [0.25, 0.3) is 0 Å². The van der Waals surface area contributed by atoms with E-state index in [4.69, 9.17) is 25.4 Å². The Kier molecular flexibility index (Phi) is 7.92. The highest BCUT2D eigenvalue weighted by atomic mass is 32.5. The third kappa shape index (κ3) is 5.62. The van der Waals surface area contributed by atoms with Crippen LogP contribution in [0.4, 0.5) is 0 Å². The molecule has 0 spiro atoms. The first kappa shape index (κ1) is 17.8. The molecule has 0 fully saturated rings. The van der Waals surface area contributed by atoms with Crippen LogP contribution in [0.5, 0.6) is 5.75 Å². The van der Waals surface area contributed by atoms with Gasteiger partial charge in [0.05, 0.1) is 10.8 Å². The van der Waals surface area contributed by atoms with Crippen LogP contribution in [-0.4, -0.2) is 24.2 Å². The smallest absolute Gasteiger partial charge is 0.380 e. The van der Waals surface area contributed by atoms with E-state index in [2.05, 4.69) is 6.92 Å². The molecule has 0 saturated heterocycles. The van der Waals surface area contributed by atoms with Gasteiger partial charge in [-0.1, -0.05) is 19.8 Å². The standard InChI is InChI=1S/C13H21O4PS2/c1-4-5-6-11-20(14)13-9-7-12(8-10-13)17-18(19,15-2)16-3/h7-10H,4-6,11H2,1-3H3. The van der Waals surface area contributed by atoms with Crippen molar-refractivity contribution in [2.45, 2.75) is 31.1 Å². The molecule has 20 heavy (non-hydrogen) atoms. The molecule has 114 valence electrons. The molecular weight excluding hydrogens is 315 g/mol. The van der Waals surface area contributed by atoms with Gasteiger partial charge in [0, 0.05) is 36.7 Å². The molecular formula is C13H21O4PS2. The van der Waals surface area contributed by atoms with E-state index in [-0.39, 0.29) is 0 Å². The fourth-order valence-corrected chi connectivity index (χ4v) is 3.61. The summed E-state index contributed by atoms with van der Waals surface area (Å²) >= 11 is 5.13. The van der Waals surface area contributed by atoms with Crippen molar-refractivity contribution in [2.24, 2.45) is 0 Å². The zero-order valence-corrected chi connectivity index (χ0v) is 14.6. The molecule has 0 aromatic heterocycles. The Bertz CT molecular complexity index is 468. The Labute approximate surface area is 128 Å². The zero-order valence-electron chi connectivity index (χ0n) is 12.0. The van der Waals surface area contributed by atoms with Crippen molar-refractivity contribution in [3.05, 3.63) is 24.3 Å². The summed E-state index contributed by atoms with van der Waals surface area (Å²) in [7, 11) is 1.96. The molecule has 1 aromatic carbocycles. The van der Waals surface area contributed by atoms with E-state index in [0.717, 1.165) is 24.2 Å². The molecule has 0 N–H and O–H groups in total. The van der Waals surface area contributed by atoms with Crippen molar-refractivity contribution in [1.82, 2.24) is 0 Å². The Morgan fingerprint density at radius 1 is 1.15 bits per heavy atom. The number of rotatable bonds is 9. The van der Waals surface area contributed by atoms with Gasteiger partial charge in [-0.15, -0.1) is 0 Å². The van der Waals surface area contributed by atoms with Crippen molar-refractivity contribution in [1.29, 1.82) is 0 Å². The Morgan fingerprint density at radius 2 is 1.75 bits per heavy atom. The van der Waals surface area contributed by atoms with Crippen molar-refractivity contribution in [3.63, 3.8) is 0 Å². The van der Waals surface area contributed by atoms with Crippen molar-refractivity contribution in [3.8, 4) is 5.75 Å². The average molecular weight is 336 g/mol. The molecule has 0 aliphatic heterocycles. The minimum Gasteiger partial charge on any atom is -0.424 e. The summed E-state index contributed by atoms with van der Waals surface area (Å²) < 4.78 is 27.7. The SMILES string of the molecule is CCCCCS(=O)c1ccc(OP(=S)(OC)OC)cc1. The molecule has 0 amide bonds. The molecule has 1 aromatic rings. The number of benzene rings is 1. The molecule has 0 heterocycles. The van der Waals surface area contributed by atoms with Crippen LogP contribution < -0.4 is 4.52 Å². The normalized spacial score (nSPS) is 13.2. The van der Waals surface area contributed by atoms with E-state index in [1.807, 2.05) is 0 Å². The average Bonchev–Trinajstić information content (AvgIpc) is 2.48. The lowest BCUT2D eigenvalue weighted by Gasteiger charge is -2.18. The fraction of sp³-hybridized carbons (Fsp3) is 0.538. The van der Waals surface area contributed by atoms with E-state index in [0.29, 0.717) is 11.5 Å². The van der Waals surface area contributed by atoms with E-state index < -0.39 is 17.5 Å². The minimum atomic E-state index is -2.71. The summed E-state index contributed by atoms with van der Waals surface area (Å²) in [5.74, 6) is 1.26. The topological polar surface area (TPSA) is 44.8 Å². The summed E-state index contributed by atoms with van der Waals surface area (Å²) in [6, 6.07) is 7.07. The lowest BCUT2D eigenvalue weighted by Crippen LogP contribution is -1.99. The maximum atomic E-state index is 12.0. The van der Waals surface area contributed by atoms with Gasteiger partial charge in [0.15, 0.2) is 0 Å². The Hall–Kier alpha value is -0.260. The van der Waals surface area contributed by atoms with Crippen LogP contribution in [0.1, 0.15) is 26.2 Å². The fourth-order valence-electron chi connectivity index (χ4n) is 1.53. The first-order chi connectivity index (χ1) is 9.54. The Balaban J connectivity index is 2.64. The molecule has 0 radical (unpaired) electrons. The van der Waals surface area contributed by atoms with Gasteiger partial charge in [-0.05, 0) is 30.7 Å². The minimum absolute atomic E-state index is 0.561. The van der Waals surface area contributed by atoms with Gasteiger partial charge in [-0.25, -0.2) is 0 Å². The maximum Gasteiger partial charge on any atom is 0.380 e. The lowest BCUT2D eigenvalue weighted by atomic mass is 10.3.